The molecule has 108 valence electrons. The minimum atomic E-state index is 0.295. The van der Waals surface area contributed by atoms with Crippen molar-refractivity contribution in [3.63, 3.8) is 0 Å². The maximum absolute atomic E-state index is 5.20. The van der Waals surface area contributed by atoms with E-state index >= 15 is 0 Å². The molecule has 0 saturated carbocycles. The van der Waals surface area contributed by atoms with Crippen molar-refractivity contribution in [2.45, 2.75) is 46.3 Å². The number of nitrogens with zero attached hydrogens (tertiary/aromatic N) is 3. The Morgan fingerprint density at radius 1 is 1.26 bits per heavy atom. The normalized spacial score (nSPS) is 12.7. The van der Waals surface area contributed by atoms with Gasteiger partial charge in [-0.2, -0.15) is 5.10 Å². The molecule has 1 unspecified atom stereocenters. The van der Waals surface area contributed by atoms with E-state index in [9.17, 15) is 0 Å². The molecule has 0 bridgehead atoms. The number of anilines is 1. The summed E-state index contributed by atoms with van der Waals surface area (Å²) in [6, 6.07) is 4.80. The molecular formula is C14H26N4O. The lowest BCUT2D eigenvalue weighted by Crippen LogP contribution is -2.37. The largest absolute Gasteiger partial charge is 0.383 e. The third-order valence-corrected chi connectivity index (χ3v) is 2.97. The molecule has 0 amide bonds. The number of aromatic nitrogens is 2. The maximum Gasteiger partial charge on any atom is 0.151 e. The lowest BCUT2D eigenvalue weighted by Gasteiger charge is -2.28. The summed E-state index contributed by atoms with van der Waals surface area (Å²) in [5, 5.41) is 11.9. The third-order valence-electron chi connectivity index (χ3n) is 2.97. The fraction of sp³-hybridized carbons (Fsp3) is 0.714. The first-order valence-electron chi connectivity index (χ1n) is 6.90. The predicted octanol–water partition coefficient (Wildman–Crippen LogP) is 1.84. The van der Waals surface area contributed by atoms with Gasteiger partial charge in [0.25, 0.3) is 0 Å². The molecule has 0 aliphatic rings. The van der Waals surface area contributed by atoms with Crippen LogP contribution < -0.4 is 10.2 Å². The van der Waals surface area contributed by atoms with Gasteiger partial charge in [0.1, 0.15) is 0 Å². The number of rotatable bonds is 8. The summed E-state index contributed by atoms with van der Waals surface area (Å²) in [5.74, 6) is 0.903. The number of hydrogen-bond donors (Lipinski definition) is 1. The van der Waals surface area contributed by atoms with Crippen molar-refractivity contribution in [2.24, 2.45) is 0 Å². The Bertz CT molecular complexity index is 353. The van der Waals surface area contributed by atoms with Crippen molar-refractivity contribution >= 4 is 5.82 Å². The number of likely N-dealkylation sites (N-methyl/N-ethyl adjacent to an activating group) is 1. The molecule has 1 N–H and O–H groups in total. The van der Waals surface area contributed by atoms with Gasteiger partial charge in [0.2, 0.25) is 0 Å². The zero-order chi connectivity index (χ0) is 14.3. The quantitative estimate of drug-likeness (QED) is 0.778. The van der Waals surface area contributed by atoms with Gasteiger partial charge in [0.15, 0.2) is 5.82 Å². The summed E-state index contributed by atoms with van der Waals surface area (Å²) in [6.45, 7) is 10.8. The Labute approximate surface area is 116 Å². The monoisotopic (exact) mass is 266 g/mol. The molecule has 0 radical (unpaired) electrons. The zero-order valence-corrected chi connectivity index (χ0v) is 12.7. The highest BCUT2D eigenvalue weighted by molar-refractivity contribution is 5.38. The smallest absolute Gasteiger partial charge is 0.151 e. The van der Waals surface area contributed by atoms with Gasteiger partial charge in [-0.1, -0.05) is 13.8 Å². The molecule has 19 heavy (non-hydrogen) atoms. The second-order valence-corrected chi connectivity index (χ2v) is 5.01. The van der Waals surface area contributed by atoms with Crippen LogP contribution in [0.25, 0.3) is 0 Å². The number of hydrogen-bond acceptors (Lipinski definition) is 5. The van der Waals surface area contributed by atoms with Gasteiger partial charge >= 0.3 is 0 Å². The van der Waals surface area contributed by atoms with Crippen molar-refractivity contribution in [1.29, 1.82) is 0 Å². The molecule has 5 heteroatoms. The van der Waals surface area contributed by atoms with Crippen molar-refractivity contribution in [1.82, 2.24) is 15.5 Å². The lowest BCUT2D eigenvalue weighted by atomic mass is 10.2. The first-order valence-corrected chi connectivity index (χ1v) is 6.90. The summed E-state index contributed by atoms with van der Waals surface area (Å²) in [6.07, 6.45) is 0. The van der Waals surface area contributed by atoms with Crippen molar-refractivity contribution < 1.29 is 4.74 Å². The first-order chi connectivity index (χ1) is 9.08. The highest BCUT2D eigenvalue weighted by Gasteiger charge is 2.14. The van der Waals surface area contributed by atoms with Crippen LogP contribution in [0.5, 0.6) is 0 Å². The standard InChI is InChI=1S/C14H26N4O/c1-6-18(12(4)10-19-5)14-8-7-13(16-17-14)9-15-11(2)3/h7-8,11-12,15H,6,9-10H2,1-5H3. The molecule has 0 aromatic carbocycles. The van der Waals surface area contributed by atoms with E-state index in [2.05, 4.69) is 48.1 Å². The summed E-state index contributed by atoms with van der Waals surface area (Å²) in [5.41, 5.74) is 0.966. The van der Waals surface area contributed by atoms with E-state index in [1.165, 1.54) is 0 Å². The van der Waals surface area contributed by atoms with E-state index in [1.54, 1.807) is 7.11 Å². The lowest BCUT2D eigenvalue weighted by molar-refractivity contribution is 0.181. The van der Waals surface area contributed by atoms with Crippen LogP contribution in [-0.4, -0.2) is 42.5 Å². The highest BCUT2D eigenvalue weighted by Crippen LogP contribution is 2.13. The molecule has 1 heterocycles. The molecule has 1 rings (SSSR count). The van der Waals surface area contributed by atoms with Gasteiger partial charge in [-0.3, -0.25) is 0 Å². The molecule has 1 aromatic rings. The van der Waals surface area contributed by atoms with Gasteiger partial charge in [-0.25, -0.2) is 0 Å². The third kappa shape index (κ3) is 5.12. The van der Waals surface area contributed by atoms with Crippen LogP contribution >= 0.6 is 0 Å². The maximum atomic E-state index is 5.20. The van der Waals surface area contributed by atoms with Gasteiger partial charge in [0, 0.05) is 26.2 Å². The Kier molecular flexibility index (Phi) is 6.73. The van der Waals surface area contributed by atoms with Crippen LogP contribution in [0, 0.1) is 0 Å². The van der Waals surface area contributed by atoms with Crippen LogP contribution in [-0.2, 0) is 11.3 Å². The number of nitrogens with one attached hydrogen (secondary N) is 1. The molecular weight excluding hydrogens is 240 g/mol. The molecule has 0 aliphatic heterocycles. The van der Waals surface area contributed by atoms with E-state index in [4.69, 9.17) is 4.74 Å². The molecule has 5 nitrogen and oxygen atoms in total. The van der Waals surface area contributed by atoms with Crippen LogP contribution in [0.1, 0.15) is 33.4 Å². The summed E-state index contributed by atoms with van der Waals surface area (Å²) in [4.78, 5) is 2.19. The second kappa shape index (κ2) is 8.07. The summed E-state index contributed by atoms with van der Waals surface area (Å²) in [7, 11) is 1.72. The minimum Gasteiger partial charge on any atom is -0.383 e. The van der Waals surface area contributed by atoms with Crippen LogP contribution in [0.4, 0.5) is 5.82 Å². The first kappa shape index (κ1) is 15.9. The van der Waals surface area contributed by atoms with Crippen LogP contribution in [0.2, 0.25) is 0 Å². The Morgan fingerprint density at radius 2 is 2.00 bits per heavy atom. The molecule has 1 aromatic heterocycles. The van der Waals surface area contributed by atoms with Gasteiger partial charge < -0.3 is 15.0 Å². The minimum absolute atomic E-state index is 0.295. The van der Waals surface area contributed by atoms with Gasteiger partial charge in [0.05, 0.1) is 18.3 Å². The van der Waals surface area contributed by atoms with Crippen molar-refractivity contribution in [3.8, 4) is 0 Å². The average molecular weight is 266 g/mol. The fourth-order valence-electron chi connectivity index (χ4n) is 1.94. The molecule has 1 atom stereocenters. The molecule has 0 aliphatic carbocycles. The Hall–Kier alpha value is -1.20. The SMILES string of the molecule is CCN(c1ccc(CNC(C)C)nn1)C(C)COC. The van der Waals surface area contributed by atoms with E-state index in [0.29, 0.717) is 18.7 Å². The topological polar surface area (TPSA) is 50.3 Å². The van der Waals surface area contributed by atoms with Crippen LogP contribution in [0.15, 0.2) is 12.1 Å². The summed E-state index contributed by atoms with van der Waals surface area (Å²) < 4.78 is 5.20. The number of methoxy groups -OCH3 is 1. The fourth-order valence-corrected chi connectivity index (χ4v) is 1.94. The van der Waals surface area contributed by atoms with Crippen LogP contribution in [0.3, 0.4) is 0 Å². The Balaban J connectivity index is 2.67. The van der Waals surface area contributed by atoms with E-state index < -0.39 is 0 Å². The molecule has 0 fully saturated rings. The van der Waals surface area contributed by atoms with E-state index in [1.807, 2.05) is 12.1 Å². The summed E-state index contributed by atoms with van der Waals surface area (Å²) >= 11 is 0. The number of ether oxygens (including phenoxy) is 1. The average Bonchev–Trinajstić information content (AvgIpc) is 2.39. The zero-order valence-electron chi connectivity index (χ0n) is 12.7. The van der Waals surface area contributed by atoms with E-state index in [-0.39, 0.29) is 0 Å². The molecule has 0 saturated heterocycles. The Morgan fingerprint density at radius 3 is 2.47 bits per heavy atom. The van der Waals surface area contributed by atoms with Crippen molar-refractivity contribution in [2.75, 3.05) is 25.2 Å². The van der Waals surface area contributed by atoms with Crippen molar-refractivity contribution in [3.05, 3.63) is 17.8 Å². The van der Waals surface area contributed by atoms with E-state index in [0.717, 1.165) is 24.6 Å². The van der Waals surface area contributed by atoms with Gasteiger partial charge in [-0.05, 0) is 26.0 Å². The second-order valence-electron chi connectivity index (χ2n) is 5.01. The highest BCUT2D eigenvalue weighted by atomic mass is 16.5. The van der Waals surface area contributed by atoms with Gasteiger partial charge in [-0.15, -0.1) is 5.10 Å². The molecule has 0 spiro atoms. The predicted molar refractivity (Wildman–Crippen MR) is 78.4 cm³/mol.